The molecule has 19 heavy (non-hydrogen) atoms. The summed E-state index contributed by atoms with van der Waals surface area (Å²) in [5.74, 6) is 1.21. The largest absolute Gasteiger partial charge is 0.352 e. The van der Waals surface area contributed by atoms with Gasteiger partial charge in [-0.1, -0.05) is 6.42 Å². The van der Waals surface area contributed by atoms with Gasteiger partial charge >= 0.3 is 0 Å². The fourth-order valence-corrected chi connectivity index (χ4v) is 3.41. The molecular weight excluding hydrogens is 236 g/mol. The zero-order valence-electron chi connectivity index (χ0n) is 11.9. The molecule has 0 bridgehead atoms. The Morgan fingerprint density at radius 1 is 1.26 bits per heavy atom. The molecule has 2 aliphatic rings. The van der Waals surface area contributed by atoms with E-state index >= 15 is 0 Å². The van der Waals surface area contributed by atoms with Crippen LogP contribution in [0.1, 0.15) is 43.9 Å². The first kappa shape index (κ1) is 12.9. The minimum atomic E-state index is 0.604. The third-order valence-corrected chi connectivity index (χ3v) is 4.44. The van der Waals surface area contributed by atoms with Crippen LogP contribution in [-0.2, 0) is 12.8 Å². The Kier molecular flexibility index (Phi) is 3.97. The molecule has 2 heterocycles. The molecule has 1 atom stereocenters. The van der Waals surface area contributed by atoms with Crippen LogP contribution in [0, 0.1) is 0 Å². The molecule has 0 aromatic carbocycles. The van der Waals surface area contributed by atoms with Gasteiger partial charge in [-0.2, -0.15) is 0 Å². The van der Waals surface area contributed by atoms with Crippen molar-refractivity contribution in [2.45, 2.75) is 51.5 Å². The van der Waals surface area contributed by atoms with Crippen molar-refractivity contribution in [1.29, 1.82) is 0 Å². The van der Waals surface area contributed by atoms with E-state index in [1.807, 2.05) is 0 Å². The molecule has 4 heteroatoms. The number of aryl methyl sites for hydroxylation is 1. The first-order valence-corrected chi connectivity index (χ1v) is 7.70. The topological polar surface area (TPSA) is 41.1 Å². The van der Waals surface area contributed by atoms with Gasteiger partial charge in [-0.05, 0) is 45.6 Å². The average Bonchev–Trinajstić information content (AvgIpc) is 2.84. The number of nitrogens with zero attached hydrogens (tertiary/aromatic N) is 3. The molecule has 1 aromatic heterocycles. The maximum Gasteiger partial charge on any atom is 0.135 e. The maximum atomic E-state index is 4.64. The number of hydrogen-bond donors (Lipinski definition) is 1. The van der Waals surface area contributed by atoms with E-state index in [-0.39, 0.29) is 0 Å². The molecule has 0 saturated carbocycles. The van der Waals surface area contributed by atoms with E-state index < -0.39 is 0 Å². The van der Waals surface area contributed by atoms with Gasteiger partial charge in [0, 0.05) is 30.4 Å². The second kappa shape index (κ2) is 5.87. The van der Waals surface area contributed by atoms with E-state index in [2.05, 4.69) is 27.1 Å². The van der Waals surface area contributed by atoms with Crippen molar-refractivity contribution in [2.75, 3.05) is 24.5 Å². The molecule has 1 aliphatic heterocycles. The Balaban J connectivity index is 1.93. The highest BCUT2D eigenvalue weighted by Gasteiger charge is 2.25. The number of fused-ring (bicyclic) bond motifs is 1. The standard InChI is InChI=1S/C15H24N4/c1-2-19(12-8-9-16-10-12)15-13-6-4-3-5-7-14(13)17-11-18-15/h11-12,16H,2-10H2,1H3. The predicted molar refractivity (Wildman–Crippen MR) is 77.6 cm³/mol. The summed E-state index contributed by atoms with van der Waals surface area (Å²) in [4.78, 5) is 11.7. The number of nitrogens with one attached hydrogen (secondary N) is 1. The highest BCUT2D eigenvalue weighted by Crippen LogP contribution is 2.28. The van der Waals surface area contributed by atoms with Gasteiger partial charge < -0.3 is 10.2 Å². The van der Waals surface area contributed by atoms with Gasteiger partial charge in [0.2, 0.25) is 0 Å². The lowest BCUT2D eigenvalue weighted by atomic mass is 10.1. The zero-order chi connectivity index (χ0) is 13.1. The van der Waals surface area contributed by atoms with Gasteiger partial charge in [0.1, 0.15) is 12.1 Å². The average molecular weight is 260 g/mol. The molecule has 3 rings (SSSR count). The summed E-state index contributed by atoms with van der Waals surface area (Å²) in [5, 5.41) is 3.46. The molecule has 1 aliphatic carbocycles. The quantitative estimate of drug-likeness (QED) is 0.843. The fraction of sp³-hybridized carbons (Fsp3) is 0.733. The van der Waals surface area contributed by atoms with E-state index in [0.717, 1.165) is 32.5 Å². The maximum absolute atomic E-state index is 4.64. The van der Waals surface area contributed by atoms with Crippen molar-refractivity contribution in [3.63, 3.8) is 0 Å². The lowest BCUT2D eigenvalue weighted by Crippen LogP contribution is -2.38. The highest BCUT2D eigenvalue weighted by atomic mass is 15.2. The molecule has 1 N–H and O–H groups in total. The smallest absolute Gasteiger partial charge is 0.135 e. The third-order valence-electron chi connectivity index (χ3n) is 4.44. The molecule has 0 radical (unpaired) electrons. The van der Waals surface area contributed by atoms with Crippen LogP contribution in [0.2, 0.25) is 0 Å². The third kappa shape index (κ3) is 2.59. The fourth-order valence-electron chi connectivity index (χ4n) is 3.41. The molecule has 0 amide bonds. The summed E-state index contributed by atoms with van der Waals surface area (Å²) in [5.41, 5.74) is 2.72. The van der Waals surface area contributed by atoms with E-state index in [1.54, 1.807) is 6.33 Å². The lowest BCUT2D eigenvalue weighted by Gasteiger charge is -2.30. The molecular formula is C15H24N4. The summed E-state index contributed by atoms with van der Waals surface area (Å²) in [7, 11) is 0. The molecule has 104 valence electrons. The van der Waals surface area contributed by atoms with Crippen LogP contribution < -0.4 is 10.2 Å². The molecule has 4 nitrogen and oxygen atoms in total. The van der Waals surface area contributed by atoms with E-state index in [0.29, 0.717) is 6.04 Å². The Labute approximate surface area is 115 Å². The number of likely N-dealkylation sites (N-methyl/N-ethyl adjacent to an activating group) is 1. The van der Waals surface area contributed by atoms with Gasteiger partial charge in [0.05, 0.1) is 0 Å². The minimum Gasteiger partial charge on any atom is -0.352 e. The van der Waals surface area contributed by atoms with Crippen LogP contribution >= 0.6 is 0 Å². The number of rotatable bonds is 3. The van der Waals surface area contributed by atoms with Crippen molar-refractivity contribution in [3.8, 4) is 0 Å². The highest BCUT2D eigenvalue weighted by molar-refractivity contribution is 5.50. The van der Waals surface area contributed by atoms with Gasteiger partial charge in [-0.25, -0.2) is 9.97 Å². The molecule has 1 unspecified atom stereocenters. The zero-order valence-corrected chi connectivity index (χ0v) is 11.9. The van der Waals surface area contributed by atoms with Crippen LogP contribution in [0.3, 0.4) is 0 Å². The van der Waals surface area contributed by atoms with Crippen LogP contribution in [0.15, 0.2) is 6.33 Å². The summed E-state index contributed by atoms with van der Waals surface area (Å²) >= 11 is 0. The van der Waals surface area contributed by atoms with Crippen LogP contribution in [0.5, 0.6) is 0 Å². The minimum absolute atomic E-state index is 0.604. The Morgan fingerprint density at radius 2 is 2.16 bits per heavy atom. The van der Waals surface area contributed by atoms with Crippen molar-refractivity contribution in [1.82, 2.24) is 15.3 Å². The number of hydrogen-bond acceptors (Lipinski definition) is 4. The van der Waals surface area contributed by atoms with Gasteiger partial charge in [0.15, 0.2) is 0 Å². The van der Waals surface area contributed by atoms with Crippen LogP contribution in [-0.4, -0.2) is 35.6 Å². The monoisotopic (exact) mass is 260 g/mol. The predicted octanol–water partition coefficient (Wildman–Crippen LogP) is 1.93. The summed E-state index contributed by atoms with van der Waals surface area (Å²) in [6, 6.07) is 0.604. The summed E-state index contributed by atoms with van der Waals surface area (Å²) < 4.78 is 0. The van der Waals surface area contributed by atoms with Crippen molar-refractivity contribution in [3.05, 3.63) is 17.6 Å². The first-order chi connectivity index (χ1) is 9.40. The number of anilines is 1. The van der Waals surface area contributed by atoms with Crippen molar-refractivity contribution in [2.24, 2.45) is 0 Å². The molecule has 1 fully saturated rings. The van der Waals surface area contributed by atoms with E-state index in [1.165, 1.54) is 42.8 Å². The second-order valence-corrected chi connectivity index (χ2v) is 5.62. The Bertz CT molecular complexity index is 426. The summed E-state index contributed by atoms with van der Waals surface area (Å²) in [6.45, 7) is 5.50. The molecule has 1 saturated heterocycles. The normalized spacial score (nSPS) is 22.9. The SMILES string of the molecule is CCN(c1ncnc2c1CCCCC2)C1CCNC1. The number of aromatic nitrogens is 2. The van der Waals surface area contributed by atoms with Gasteiger partial charge in [0.25, 0.3) is 0 Å². The van der Waals surface area contributed by atoms with E-state index in [9.17, 15) is 0 Å². The second-order valence-electron chi connectivity index (χ2n) is 5.62. The lowest BCUT2D eigenvalue weighted by molar-refractivity contribution is 0.633. The Hall–Kier alpha value is -1.16. The van der Waals surface area contributed by atoms with Crippen LogP contribution in [0.25, 0.3) is 0 Å². The van der Waals surface area contributed by atoms with E-state index in [4.69, 9.17) is 0 Å². The van der Waals surface area contributed by atoms with Crippen molar-refractivity contribution >= 4 is 5.82 Å². The van der Waals surface area contributed by atoms with Gasteiger partial charge in [-0.15, -0.1) is 0 Å². The van der Waals surface area contributed by atoms with Crippen molar-refractivity contribution < 1.29 is 0 Å². The molecule has 1 aromatic rings. The molecule has 0 spiro atoms. The first-order valence-electron chi connectivity index (χ1n) is 7.70. The Morgan fingerprint density at radius 3 is 2.95 bits per heavy atom. The summed E-state index contributed by atoms with van der Waals surface area (Å²) in [6.07, 6.45) is 9.17. The van der Waals surface area contributed by atoms with Gasteiger partial charge in [-0.3, -0.25) is 0 Å². The van der Waals surface area contributed by atoms with Crippen LogP contribution in [0.4, 0.5) is 5.82 Å².